The molecule has 58 heavy (non-hydrogen) atoms. The Morgan fingerprint density at radius 1 is 0.586 bits per heavy atom. The molecule has 0 aromatic carbocycles. The van der Waals surface area contributed by atoms with Gasteiger partial charge in [-0.2, -0.15) is 0 Å². The van der Waals surface area contributed by atoms with Gasteiger partial charge in [0.1, 0.15) is 30.5 Å². The maximum atomic E-state index is 13.0. The van der Waals surface area contributed by atoms with Crippen LogP contribution in [0.4, 0.5) is 0 Å². The summed E-state index contributed by atoms with van der Waals surface area (Å²) in [7, 11) is 0. The molecular formula is C48H91NO9. The first-order chi connectivity index (χ1) is 28.3. The first-order valence-corrected chi connectivity index (χ1v) is 24.2. The summed E-state index contributed by atoms with van der Waals surface area (Å²) in [6, 6.07) is -0.992. The highest BCUT2D eigenvalue weighted by atomic mass is 16.7. The molecule has 0 aromatic heterocycles. The van der Waals surface area contributed by atoms with Crippen LogP contribution in [0.25, 0.3) is 0 Å². The quantitative estimate of drug-likeness (QED) is 0.0235. The van der Waals surface area contributed by atoms with E-state index in [2.05, 4.69) is 31.3 Å². The van der Waals surface area contributed by atoms with Gasteiger partial charge in [0.25, 0.3) is 0 Å². The van der Waals surface area contributed by atoms with E-state index in [-0.39, 0.29) is 6.61 Å². The van der Waals surface area contributed by atoms with Crippen LogP contribution in [0.15, 0.2) is 24.3 Å². The van der Waals surface area contributed by atoms with E-state index in [1.807, 2.05) is 6.08 Å². The highest BCUT2D eigenvalue weighted by molar-refractivity contribution is 5.80. The van der Waals surface area contributed by atoms with Crippen molar-refractivity contribution in [1.82, 2.24) is 5.32 Å². The first kappa shape index (κ1) is 54.6. The molecule has 10 nitrogen and oxygen atoms in total. The standard InChI is InChI=1S/C48H91NO9/c1-3-5-7-9-11-13-15-17-18-19-20-21-22-23-25-27-29-31-33-35-37-42(52)47(56)49-40(39-57-48-46(55)45(54)44(53)43(38-50)58-48)41(51)36-34-32-30-28-26-24-16-14-12-10-8-6-4-2/h26,28,34,36,40-46,48,50-55H,3-25,27,29-33,35,37-39H2,1-2H3,(H,49,56)/b28-26+,36-34+/t40-,41+,42?,43+,44+,45-,46+,48+/m0/s1. The molecule has 1 heterocycles. The number of amides is 1. The maximum Gasteiger partial charge on any atom is 0.249 e. The lowest BCUT2D eigenvalue weighted by Gasteiger charge is -2.40. The number of allylic oxidation sites excluding steroid dienone is 3. The Kier molecular flexibility index (Phi) is 36.3. The van der Waals surface area contributed by atoms with E-state index >= 15 is 0 Å². The average molecular weight is 826 g/mol. The Morgan fingerprint density at radius 2 is 1.02 bits per heavy atom. The SMILES string of the molecule is CCCCCCCCC/C=C/CC/C=C/[C@@H](O)[C@H](CO[C@@H]1O[C@H](CO)[C@@H](O)[C@H](O)[C@H]1O)NC(=O)C(O)CCCCCCCCCCCCCCCCCCCCCC. The Labute approximate surface area is 354 Å². The summed E-state index contributed by atoms with van der Waals surface area (Å²) in [4.78, 5) is 13.0. The zero-order valence-electron chi connectivity index (χ0n) is 37.2. The van der Waals surface area contributed by atoms with Gasteiger partial charge >= 0.3 is 0 Å². The highest BCUT2D eigenvalue weighted by Crippen LogP contribution is 2.23. The maximum absolute atomic E-state index is 13.0. The van der Waals surface area contributed by atoms with Gasteiger partial charge in [-0.05, 0) is 32.1 Å². The third kappa shape index (κ3) is 28.2. The molecule has 1 unspecified atom stereocenters. The van der Waals surface area contributed by atoms with Gasteiger partial charge < -0.3 is 45.4 Å². The van der Waals surface area contributed by atoms with E-state index in [0.29, 0.717) is 19.3 Å². The van der Waals surface area contributed by atoms with Gasteiger partial charge in [0, 0.05) is 0 Å². The number of nitrogens with one attached hydrogen (secondary N) is 1. The second-order valence-electron chi connectivity index (χ2n) is 17.0. The van der Waals surface area contributed by atoms with E-state index in [4.69, 9.17) is 9.47 Å². The van der Waals surface area contributed by atoms with Crippen molar-refractivity contribution in [3.63, 3.8) is 0 Å². The highest BCUT2D eigenvalue weighted by Gasteiger charge is 2.44. The molecule has 342 valence electrons. The fraction of sp³-hybridized carbons (Fsp3) is 0.896. The number of unbranched alkanes of at least 4 members (excludes halogenated alkanes) is 27. The fourth-order valence-corrected chi connectivity index (χ4v) is 7.65. The lowest BCUT2D eigenvalue weighted by Crippen LogP contribution is -2.60. The largest absolute Gasteiger partial charge is 0.394 e. The monoisotopic (exact) mass is 826 g/mol. The van der Waals surface area contributed by atoms with E-state index in [1.54, 1.807) is 6.08 Å². The zero-order chi connectivity index (χ0) is 42.5. The van der Waals surface area contributed by atoms with Crippen LogP contribution in [0, 0.1) is 0 Å². The molecule has 0 aromatic rings. The van der Waals surface area contributed by atoms with Crippen LogP contribution in [0.5, 0.6) is 0 Å². The minimum atomic E-state index is -1.61. The number of aliphatic hydroxyl groups is 6. The summed E-state index contributed by atoms with van der Waals surface area (Å²) in [6.45, 7) is 3.59. The van der Waals surface area contributed by atoms with Gasteiger partial charge in [0.2, 0.25) is 5.91 Å². The van der Waals surface area contributed by atoms with Crippen LogP contribution >= 0.6 is 0 Å². The van der Waals surface area contributed by atoms with Gasteiger partial charge in [-0.15, -0.1) is 0 Å². The van der Waals surface area contributed by atoms with E-state index in [9.17, 15) is 35.4 Å². The number of carbonyl (C=O) groups is 1. The molecule has 0 radical (unpaired) electrons. The van der Waals surface area contributed by atoms with Crippen LogP contribution in [0.1, 0.15) is 213 Å². The Bertz CT molecular complexity index is 979. The Morgan fingerprint density at radius 3 is 1.50 bits per heavy atom. The van der Waals surface area contributed by atoms with E-state index in [1.165, 1.54) is 148 Å². The van der Waals surface area contributed by atoms with Gasteiger partial charge in [-0.3, -0.25) is 4.79 Å². The summed E-state index contributed by atoms with van der Waals surface area (Å²) < 4.78 is 11.1. The van der Waals surface area contributed by atoms with Crippen molar-refractivity contribution in [2.45, 2.75) is 262 Å². The molecule has 10 heteroatoms. The first-order valence-electron chi connectivity index (χ1n) is 24.2. The molecule has 0 bridgehead atoms. The molecule has 1 fully saturated rings. The molecule has 1 saturated heterocycles. The van der Waals surface area contributed by atoms with E-state index in [0.717, 1.165) is 32.1 Å². The Balaban J connectivity index is 2.36. The molecule has 0 spiro atoms. The zero-order valence-corrected chi connectivity index (χ0v) is 37.2. The molecule has 1 aliphatic rings. The second kappa shape index (κ2) is 38.5. The lowest BCUT2D eigenvalue weighted by atomic mass is 9.99. The smallest absolute Gasteiger partial charge is 0.249 e. The van der Waals surface area contributed by atoms with Crippen molar-refractivity contribution in [3.8, 4) is 0 Å². The molecule has 1 aliphatic heterocycles. The number of aliphatic hydroxyl groups excluding tert-OH is 6. The van der Waals surface area contributed by atoms with Crippen LogP contribution < -0.4 is 5.32 Å². The van der Waals surface area contributed by atoms with Gasteiger partial charge in [-0.25, -0.2) is 0 Å². The Hall–Kier alpha value is -1.37. The summed E-state index contributed by atoms with van der Waals surface area (Å²) in [6.07, 6.45) is 35.6. The van der Waals surface area contributed by atoms with Crippen LogP contribution in [0.2, 0.25) is 0 Å². The molecule has 0 saturated carbocycles. The average Bonchev–Trinajstić information content (AvgIpc) is 3.22. The van der Waals surface area contributed by atoms with Crippen LogP contribution in [0.3, 0.4) is 0 Å². The third-order valence-corrected chi connectivity index (χ3v) is 11.6. The molecular weight excluding hydrogens is 735 g/mol. The normalized spacial score (nSPS) is 21.6. The summed E-state index contributed by atoms with van der Waals surface area (Å²) in [5, 5.41) is 64.6. The minimum absolute atomic E-state index is 0.308. The second-order valence-corrected chi connectivity index (χ2v) is 17.0. The van der Waals surface area contributed by atoms with Crippen molar-refractivity contribution in [3.05, 3.63) is 24.3 Å². The van der Waals surface area contributed by atoms with Crippen molar-refractivity contribution in [1.29, 1.82) is 0 Å². The summed E-state index contributed by atoms with van der Waals surface area (Å²) in [5.74, 6) is -0.624. The molecule has 0 aliphatic carbocycles. The lowest BCUT2D eigenvalue weighted by molar-refractivity contribution is -0.302. The number of ether oxygens (including phenoxy) is 2. The molecule has 8 atom stereocenters. The minimum Gasteiger partial charge on any atom is -0.394 e. The van der Waals surface area contributed by atoms with Gasteiger partial charge in [0.05, 0.1) is 25.4 Å². The summed E-state index contributed by atoms with van der Waals surface area (Å²) >= 11 is 0. The van der Waals surface area contributed by atoms with Gasteiger partial charge in [-0.1, -0.05) is 205 Å². The van der Waals surface area contributed by atoms with Crippen molar-refractivity contribution in [2.75, 3.05) is 13.2 Å². The third-order valence-electron chi connectivity index (χ3n) is 11.6. The van der Waals surface area contributed by atoms with Crippen molar-refractivity contribution in [2.24, 2.45) is 0 Å². The van der Waals surface area contributed by atoms with Gasteiger partial charge in [0.15, 0.2) is 6.29 Å². The number of hydrogen-bond donors (Lipinski definition) is 7. The number of carbonyl (C=O) groups excluding carboxylic acids is 1. The summed E-state index contributed by atoms with van der Waals surface area (Å²) in [5.41, 5.74) is 0. The van der Waals surface area contributed by atoms with Crippen molar-refractivity contribution >= 4 is 5.91 Å². The van der Waals surface area contributed by atoms with Crippen LogP contribution in [-0.4, -0.2) is 98.7 Å². The molecule has 1 amide bonds. The molecule has 7 N–H and O–H groups in total. The van der Waals surface area contributed by atoms with Crippen molar-refractivity contribution < 1.29 is 44.9 Å². The molecule has 1 rings (SSSR count). The number of hydrogen-bond acceptors (Lipinski definition) is 9. The predicted molar refractivity (Wildman–Crippen MR) is 236 cm³/mol. The van der Waals surface area contributed by atoms with E-state index < -0.39 is 61.5 Å². The number of rotatable bonds is 40. The van der Waals surface area contributed by atoms with Crippen LogP contribution in [-0.2, 0) is 14.3 Å². The fourth-order valence-electron chi connectivity index (χ4n) is 7.65. The topological polar surface area (TPSA) is 169 Å². The predicted octanol–water partition coefficient (Wildman–Crippen LogP) is 9.25.